The quantitative estimate of drug-likeness (QED) is 0.900. The minimum absolute atomic E-state index is 0.142. The van der Waals surface area contributed by atoms with Gasteiger partial charge in [-0.15, -0.1) is 10.2 Å². The molecule has 0 aromatic carbocycles. The van der Waals surface area contributed by atoms with Crippen LogP contribution >= 0.6 is 0 Å². The van der Waals surface area contributed by atoms with Crippen molar-refractivity contribution in [2.75, 3.05) is 6.61 Å². The first-order valence-electron chi connectivity index (χ1n) is 8.46. The van der Waals surface area contributed by atoms with Crippen LogP contribution in [0, 0.1) is 0 Å². The Morgan fingerprint density at radius 3 is 3.00 bits per heavy atom. The molecule has 0 spiro atoms. The number of rotatable bonds is 5. The maximum absolute atomic E-state index is 12.1. The number of nitrogens with zero attached hydrogens (tertiary/aromatic N) is 3. The highest BCUT2D eigenvalue weighted by Crippen LogP contribution is 2.20. The summed E-state index contributed by atoms with van der Waals surface area (Å²) in [5.74, 6) is 2.57. The number of ether oxygens (including phenoxy) is 1. The predicted octanol–water partition coefficient (Wildman–Crippen LogP) is 1.79. The van der Waals surface area contributed by atoms with Crippen molar-refractivity contribution in [2.24, 2.45) is 0 Å². The van der Waals surface area contributed by atoms with Gasteiger partial charge in [0, 0.05) is 38.0 Å². The summed E-state index contributed by atoms with van der Waals surface area (Å²) in [4.78, 5) is 12.1. The van der Waals surface area contributed by atoms with Crippen LogP contribution in [-0.2, 0) is 22.5 Å². The Morgan fingerprint density at radius 1 is 1.41 bits per heavy atom. The first kappa shape index (κ1) is 15.5. The zero-order valence-corrected chi connectivity index (χ0v) is 13.5. The number of hydrogen-bond acceptors (Lipinski definition) is 4. The number of carbonyl (C=O) groups excluding carboxylic acids is 1. The third kappa shape index (κ3) is 3.48. The van der Waals surface area contributed by atoms with Crippen LogP contribution < -0.4 is 5.32 Å². The van der Waals surface area contributed by atoms with Crippen LogP contribution in [0.5, 0.6) is 0 Å². The fourth-order valence-corrected chi connectivity index (χ4v) is 3.36. The summed E-state index contributed by atoms with van der Waals surface area (Å²) < 4.78 is 7.75. The molecule has 0 aliphatic carbocycles. The second-order valence-corrected chi connectivity index (χ2v) is 6.72. The van der Waals surface area contributed by atoms with Crippen LogP contribution in [0.3, 0.4) is 0 Å². The fourth-order valence-electron chi connectivity index (χ4n) is 3.36. The van der Waals surface area contributed by atoms with Crippen LogP contribution in [-0.4, -0.2) is 39.4 Å². The lowest BCUT2D eigenvalue weighted by molar-refractivity contribution is -0.122. The molecule has 3 heterocycles. The summed E-state index contributed by atoms with van der Waals surface area (Å²) >= 11 is 0. The topological polar surface area (TPSA) is 69.0 Å². The molecular weight excluding hydrogens is 280 g/mol. The van der Waals surface area contributed by atoms with Crippen molar-refractivity contribution < 1.29 is 9.53 Å². The number of aromatic nitrogens is 3. The van der Waals surface area contributed by atoms with E-state index in [-0.39, 0.29) is 18.1 Å². The highest BCUT2D eigenvalue weighted by molar-refractivity contribution is 5.76. The number of amides is 1. The molecule has 0 radical (unpaired) electrons. The van der Waals surface area contributed by atoms with E-state index in [1.807, 2.05) is 0 Å². The monoisotopic (exact) mass is 306 g/mol. The molecule has 3 rings (SSSR count). The number of hydrogen-bond donors (Lipinski definition) is 1. The SMILES string of the molecule is CC(C)c1nnc2n1C[C@H](NC(=O)CC[C@H]1CCCO1)CC2. The highest BCUT2D eigenvalue weighted by Gasteiger charge is 2.25. The lowest BCUT2D eigenvalue weighted by Crippen LogP contribution is -2.41. The van der Waals surface area contributed by atoms with Crippen molar-refractivity contribution in [3.63, 3.8) is 0 Å². The molecule has 22 heavy (non-hydrogen) atoms. The highest BCUT2D eigenvalue weighted by atomic mass is 16.5. The van der Waals surface area contributed by atoms with Crippen molar-refractivity contribution >= 4 is 5.91 Å². The summed E-state index contributed by atoms with van der Waals surface area (Å²) in [5.41, 5.74) is 0. The number of fused-ring (bicyclic) bond motifs is 1. The van der Waals surface area contributed by atoms with Gasteiger partial charge in [-0.1, -0.05) is 13.8 Å². The molecule has 0 saturated carbocycles. The average molecular weight is 306 g/mol. The lowest BCUT2D eigenvalue weighted by Gasteiger charge is -2.26. The maximum Gasteiger partial charge on any atom is 0.220 e. The van der Waals surface area contributed by atoms with Crippen molar-refractivity contribution in [1.29, 1.82) is 0 Å². The van der Waals surface area contributed by atoms with E-state index >= 15 is 0 Å². The van der Waals surface area contributed by atoms with E-state index in [1.165, 1.54) is 0 Å². The van der Waals surface area contributed by atoms with E-state index in [9.17, 15) is 4.79 Å². The van der Waals surface area contributed by atoms with Gasteiger partial charge in [0.1, 0.15) is 11.6 Å². The van der Waals surface area contributed by atoms with Gasteiger partial charge in [0.15, 0.2) is 0 Å². The summed E-state index contributed by atoms with van der Waals surface area (Å²) in [6, 6.07) is 0.193. The van der Waals surface area contributed by atoms with E-state index in [4.69, 9.17) is 4.74 Å². The van der Waals surface area contributed by atoms with Gasteiger partial charge in [-0.3, -0.25) is 4.79 Å². The van der Waals surface area contributed by atoms with Gasteiger partial charge in [-0.25, -0.2) is 0 Å². The first-order chi connectivity index (χ1) is 10.6. The normalized spacial score (nSPS) is 24.5. The third-order valence-corrected chi connectivity index (χ3v) is 4.57. The average Bonchev–Trinajstić information content (AvgIpc) is 3.14. The van der Waals surface area contributed by atoms with Gasteiger partial charge in [-0.05, 0) is 25.7 Å². The van der Waals surface area contributed by atoms with Crippen molar-refractivity contribution in [3.05, 3.63) is 11.6 Å². The maximum atomic E-state index is 12.1. The molecule has 1 aromatic rings. The molecule has 2 atom stereocenters. The summed E-state index contributed by atoms with van der Waals surface area (Å²) in [6.07, 6.45) is 5.75. The second kappa shape index (κ2) is 6.77. The van der Waals surface area contributed by atoms with E-state index < -0.39 is 0 Å². The van der Waals surface area contributed by atoms with Gasteiger partial charge in [-0.2, -0.15) is 0 Å². The fraction of sp³-hybridized carbons (Fsp3) is 0.812. The molecule has 1 aromatic heterocycles. The van der Waals surface area contributed by atoms with Gasteiger partial charge in [0.05, 0.1) is 6.10 Å². The van der Waals surface area contributed by atoms with E-state index in [2.05, 4.69) is 33.9 Å². The van der Waals surface area contributed by atoms with Gasteiger partial charge in [0.2, 0.25) is 5.91 Å². The van der Waals surface area contributed by atoms with Crippen molar-refractivity contribution in [2.45, 2.75) is 77.0 Å². The summed E-state index contributed by atoms with van der Waals surface area (Å²) in [7, 11) is 0. The van der Waals surface area contributed by atoms with Gasteiger partial charge >= 0.3 is 0 Å². The number of nitrogens with one attached hydrogen (secondary N) is 1. The smallest absolute Gasteiger partial charge is 0.220 e. The van der Waals surface area contributed by atoms with E-state index in [0.29, 0.717) is 12.3 Å². The summed E-state index contributed by atoms with van der Waals surface area (Å²) in [6.45, 7) is 5.90. The largest absolute Gasteiger partial charge is 0.378 e. The number of aryl methyl sites for hydroxylation is 1. The molecule has 1 N–H and O–H groups in total. The molecule has 0 bridgehead atoms. The van der Waals surface area contributed by atoms with Crippen LogP contribution in [0.15, 0.2) is 0 Å². The van der Waals surface area contributed by atoms with Crippen molar-refractivity contribution in [3.8, 4) is 0 Å². The Morgan fingerprint density at radius 2 is 2.27 bits per heavy atom. The van der Waals surface area contributed by atoms with E-state index in [0.717, 1.165) is 56.9 Å². The Hall–Kier alpha value is -1.43. The van der Waals surface area contributed by atoms with Crippen LogP contribution in [0.2, 0.25) is 0 Å². The molecule has 1 amide bonds. The second-order valence-electron chi connectivity index (χ2n) is 6.72. The molecule has 2 aliphatic rings. The minimum Gasteiger partial charge on any atom is -0.378 e. The van der Waals surface area contributed by atoms with Crippen LogP contribution in [0.25, 0.3) is 0 Å². The molecule has 122 valence electrons. The van der Waals surface area contributed by atoms with Gasteiger partial charge < -0.3 is 14.6 Å². The minimum atomic E-state index is 0.142. The molecular formula is C16H26N4O2. The molecule has 2 aliphatic heterocycles. The van der Waals surface area contributed by atoms with Crippen LogP contribution in [0.4, 0.5) is 0 Å². The number of carbonyl (C=O) groups is 1. The molecule has 6 heteroatoms. The third-order valence-electron chi connectivity index (χ3n) is 4.57. The molecule has 0 unspecified atom stereocenters. The molecule has 1 saturated heterocycles. The Kier molecular flexibility index (Phi) is 4.76. The molecule has 6 nitrogen and oxygen atoms in total. The van der Waals surface area contributed by atoms with E-state index in [1.54, 1.807) is 0 Å². The van der Waals surface area contributed by atoms with Crippen LogP contribution in [0.1, 0.15) is 63.5 Å². The van der Waals surface area contributed by atoms with Gasteiger partial charge in [0.25, 0.3) is 0 Å². The zero-order valence-electron chi connectivity index (χ0n) is 13.5. The Bertz CT molecular complexity index is 520. The Balaban J connectivity index is 1.51. The standard InChI is InChI=1S/C16H26N4O2/c1-11(2)16-19-18-14-7-5-12(10-20(14)16)17-15(21)8-6-13-4-3-9-22-13/h11-13H,3-10H2,1-2H3,(H,17,21)/t12-,13-/m1/s1. The Labute approximate surface area is 131 Å². The first-order valence-corrected chi connectivity index (χ1v) is 8.46. The summed E-state index contributed by atoms with van der Waals surface area (Å²) in [5, 5.41) is 11.7. The predicted molar refractivity (Wildman–Crippen MR) is 82.6 cm³/mol. The molecule has 1 fully saturated rings. The zero-order chi connectivity index (χ0) is 15.5. The lowest BCUT2D eigenvalue weighted by atomic mass is 10.1. The van der Waals surface area contributed by atoms with Crippen molar-refractivity contribution in [1.82, 2.24) is 20.1 Å².